The number of nitrogens with zero attached hydrogens (tertiary/aromatic N) is 1. The monoisotopic (exact) mass is 204 g/mol. The minimum atomic E-state index is -0.441. The van der Waals surface area contributed by atoms with Crippen molar-refractivity contribution in [3.05, 3.63) is 8.83 Å². The lowest BCUT2D eigenvalue weighted by Gasteiger charge is -1.97. The molecule has 0 atom stereocenters. The van der Waals surface area contributed by atoms with Gasteiger partial charge in [0.2, 0.25) is 0 Å². The number of aromatic nitrogens is 1. The van der Waals surface area contributed by atoms with Gasteiger partial charge in [-0.05, 0) is 12.2 Å². The highest BCUT2D eigenvalue weighted by molar-refractivity contribution is 7.73. The Morgan fingerprint density at radius 1 is 1.75 bits per heavy atom. The quantitative estimate of drug-likeness (QED) is 0.551. The smallest absolute Gasteiger partial charge is 0.351 e. The SMILES string of the molecule is COC(=O)c1sc(=S)n(C)c1N. The number of rotatable bonds is 1. The molecule has 66 valence electrons. The molecule has 1 aromatic heterocycles. The van der Waals surface area contributed by atoms with Gasteiger partial charge in [-0.15, -0.1) is 0 Å². The van der Waals surface area contributed by atoms with Gasteiger partial charge in [0.15, 0.2) is 8.83 Å². The van der Waals surface area contributed by atoms with Gasteiger partial charge < -0.3 is 15.0 Å². The maximum Gasteiger partial charge on any atom is 0.351 e. The van der Waals surface area contributed by atoms with E-state index in [1.165, 1.54) is 7.11 Å². The lowest BCUT2D eigenvalue weighted by molar-refractivity contribution is 0.0607. The number of carbonyl (C=O) groups excluding carboxylic acids is 1. The number of nitrogens with two attached hydrogens (primary N) is 1. The van der Waals surface area contributed by atoms with Gasteiger partial charge in [-0.3, -0.25) is 0 Å². The first kappa shape index (κ1) is 9.21. The van der Waals surface area contributed by atoms with Crippen LogP contribution in [0, 0.1) is 3.95 Å². The van der Waals surface area contributed by atoms with E-state index in [9.17, 15) is 4.79 Å². The van der Waals surface area contributed by atoms with Gasteiger partial charge >= 0.3 is 5.97 Å². The molecule has 0 bridgehead atoms. The zero-order valence-electron chi connectivity index (χ0n) is 6.66. The van der Waals surface area contributed by atoms with Crippen molar-refractivity contribution in [1.82, 2.24) is 4.57 Å². The molecule has 0 aliphatic carbocycles. The third-order valence-electron chi connectivity index (χ3n) is 1.43. The van der Waals surface area contributed by atoms with Gasteiger partial charge in [-0.25, -0.2) is 4.79 Å². The fraction of sp³-hybridized carbons (Fsp3) is 0.333. The number of esters is 1. The van der Waals surface area contributed by atoms with Gasteiger partial charge in [0, 0.05) is 7.05 Å². The van der Waals surface area contributed by atoms with E-state index in [1.807, 2.05) is 0 Å². The van der Waals surface area contributed by atoms with Crippen molar-refractivity contribution in [2.45, 2.75) is 0 Å². The van der Waals surface area contributed by atoms with E-state index in [1.54, 1.807) is 11.6 Å². The van der Waals surface area contributed by atoms with Gasteiger partial charge in [-0.1, -0.05) is 11.3 Å². The Bertz CT molecular complexity index is 366. The third-order valence-corrected chi connectivity index (χ3v) is 2.98. The molecule has 0 aliphatic heterocycles. The molecule has 0 amide bonds. The molecule has 0 aromatic carbocycles. The van der Waals surface area contributed by atoms with E-state index in [4.69, 9.17) is 18.0 Å². The summed E-state index contributed by atoms with van der Waals surface area (Å²) in [6.07, 6.45) is 0. The fourth-order valence-corrected chi connectivity index (χ4v) is 1.86. The van der Waals surface area contributed by atoms with Crippen LogP contribution in [0.2, 0.25) is 0 Å². The van der Waals surface area contributed by atoms with Crippen molar-refractivity contribution in [1.29, 1.82) is 0 Å². The molecule has 1 heterocycles. The van der Waals surface area contributed by atoms with E-state index in [0.717, 1.165) is 11.3 Å². The Morgan fingerprint density at radius 3 is 2.67 bits per heavy atom. The normalized spacial score (nSPS) is 9.83. The molecule has 1 aromatic rings. The summed E-state index contributed by atoms with van der Waals surface area (Å²) >= 11 is 6.07. The highest BCUT2D eigenvalue weighted by atomic mass is 32.1. The summed E-state index contributed by atoms with van der Waals surface area (Å²) in [5.74, 6) is -0.0824. The number of ether oxygens (including phenoxy) is 1. The van der Waals surface area contributed by atoms with Crippen molar-refractivity contribution < 1.29 is 9.53 Å². The minimum Gasteiger partial charge on any atom is -0.465 e. The first-order chi connectivity index (χ1) is 5.57. The summed E-state index contributed by atoms with van der Waals surface area (Å²) < 4.78 is 6.66. The molecule has 12 heavy (non-hydrogen) atoms. The van der Waals surface area contributed by atoms with Crippen LogP contribution >= 0.6 is 23.6 Å². The van der Waals surface area contributed by atoms with Gasteiger partial charge in [0.05, 0.1) is 7.11 Å². The molecule has 6 heteroatoms. The molecule has 0 saturated carbocycles. The predicted octanol–water partition coefficient (Wildman–Crippen LogP) is 1.18. The number of hydrogen-bond acceptors (Lipinski definition) is 5. The highest BCUT2D eigenvalue weighted by Gasteiger charge is 2.14. The van der Waals surface area contributed by atoms with Crippen LogP contribution in [0.15, 0.2) is 0 Å². The van der Waals surface area contributed by atoms with Crippen molar-refractivity contribution >= 4 is 35.3 Å². The van der Waals surface area contributed by atoms with Crippen LogP contribution in [0.3, 0.4) is 0 Å². The van der Waals surface area contributed by atoms with Crippen molar-refractivity contribution in [2.75, 3.05) is 12.8 Å². The Hall–Kier alpha value is -0.880. The molecule has 0 aliphatic rings. The van der Waals surface area contributed by atoms with Crippen LogP contribution < -0.4 is 5.73 Å². The lowest BCUT2D eigenvalue weighted by atomic mass is 10.5. The second-order valence-corrected chi connectivity index (χ2v) is 3.78. The number of nitrogen functional groups attached to an aromatic ring is 1. The molecule has 1 rings (SSSR count). The Balaban J connectivity index is 3.27. The topological polar surface area (TPSA) is 57.2 Å². The average Bonchev–Trinajstić information content (AvgIpc) is 2.32. The average molecular weight is 204 g/mol. The highest BCUT2D eigenvalue weighted by Crippen LogP contribution is 2.20. The number of anilines is 1. The Kier molecular flexibility index (Phi) is 2.49. The van der Waals surface area contributed by atoms with Crippen LogP contribution in [0.1, 0.15) is 9.67 Å². The van der Waals surface area contributed by atoms with Crippen LogP contribution in [0.4, 0.5) is 5.82 Å². The standard InChI is InChI=1S/C6H8N2O2S2/c1-8-4(7)3(5(9)10-2)12-6(8)11/h7H2,1-2H3. The number of methoxy groups -OCH3 is 1. The lowest BCUT2D eigenvalue weighted by Crippen LogP contribution is -2.05. The Morgan fingerprint density at radius 2 is 2.33 bits per heavy atom. The molecule has 2 N–H and O–H groups in total. The predicted molar refractivity (Wildman–Crippen MR) is 49.9 cm³/mol. The van der Waals surface area contributed by atoms with E-state index in [2.05, 4.69) is 4.74 Å². The van der Waals surface area contributed by atoms with E-state index >= 15 is 0 Å². The van der Waals surface area contributed by atoms with Gasteiger partial charge in [0.25, 0.3) is 0 Å². The number of thiazole rings is 1. The van der Waals surface area contributed by atoms with Crippen LogP contribution in [0.5, 0.6) is 0 Å². The molecule has 4 nitrogen and oxygen atoms in total. The van der Waals surface area contributed by atoms with Gasteiger partial charge in [-0.2, -0.15) is 0 Å². The first-order valence-corrected chi connectivity index (χ1v) is 4.34. The Labute approximate surface area is 78.6 Å². The molecule has 0 spiro atoms. The van der Waals surface area contributed by atoms with Crippen LogP contribution in [0.25, 0.3) is 0 Å². The van der Waals surface area contributed by atoms with E-state index in [0.29, 0.717) is 14.6 Å². The largest absolute Gasteiger partial charge is 0.465 e. The van der Waals surface area contributed by atoms with Crippen molar-refractivity contribution in [3.63, 3.8) is 0 Å². The second kappa shape index (κ2) is 3.24. The van der Waals surface area contributed by atoms with Crippen molar-refractivity contribution in [3.8, 4) is 0 Å². The molecular weight excluding hydrogens is 196 g/mol. The minimum absolute atomic E-state index is 0.358. The molecule has 0 radical (unpaired) electrons. The summed E-state index contributed by atoms with van der Waals surface area (Å²) in [6, 6.07) is 0. The summed E-state index contributed by atoms with van der Waals surface area (Å²) in [5.41, 5.74) is 5.59. The zero-order valence-corrected chi connectivity index (χ0v) is 8.29. The second-order valence-electron chi connectivity index (χ2n) is 2.13. The third kappa shape index (κ3) is 1.35. The maximum absolute atomic E-state index is 11.0. The number of hydrogen-bond donors (Lipinski definition) is 1. The molecular formula is C6H8N2O2S2. The van der Waals surface area contributed by atoms with Gasteiger partial charge in [0.1, 0.15) is 5.82 Å². The summed E-state index contributed by atoms with van der Waals surface area (Å²) in [4.78, 5) is 11.4. The molecule has 0 unspecified atom stereocenters. The van der Waals surface area contributed by atoms with Crippen LogP contribution in [-0.4, -0.2) is 17.6 Å². The maximum atomic E-state index is 11.0. The summed E-state index contributed by atoms with van der Waals surface area (Å²) in [6.45, 7) is 0. The van der Waals surface area contributed by atoms with E-state index in [-0.39, 0.29) is 0 Å². The fourth-order valence-electron chi connectivity index (χ4n) is 0.698. The van der Waals surface area contributed by atoms with E-state index < -0.39 is 5.97 Å². The summed E-state index contributed by atoms with van der Waals surface area (Å²) in [5, 5.41) is 0. The summed E-state index contributed by atoms with van der Waals surface area (Å²) in [7, 11) is 3.02. The molecule has 0 saturated heterocycles. The van der Waals surface area contributed by atoms with Crippen molar-refractivity contribution in [2.24, 2.45) is 7.05 Å². The zero-order chi connectivity index (χ0) is 9.30. The number of carbonyl (C=O) groups is 1. The van der Waals surface area contributed by atoms with Crippen LogP contribution in [-0.2, 0) is 11.8 Å². The first-order valence-electron chi connectivity index (χ1n) is 3.11. The molecule has 0 fully saturated rings.